The smallest absolute Gasteiger partial charge is 0.322 e. The number of nitrogens with one attached hydrogen (secondary N) is 3. The van der Waals surface area contributed by atoms with Crippen LogP contribution in [-0.4, -0.2) is 39.6 Å². The molecule has 0 aliphatic carbocycles. The monoisotopic (exact) mass is 383 g/mol. The molecule has 3 N–H and O–H groups in total. The van der Waals surface area contributed by atoms with Gasteiger partial charge in [-0.05, 0) is 55.3 Å². The molecule has 1 aromatic heterocycles. The zero-order chi connectivity index (χ0) is 18.8. The third-order valence-electron chi connectivity index (χ3n) is 4.62. The van der Waals surface area contributed by atoms with E-state index in [2.05, 4.69) is 20.8 Å². The van der Waals surface area contributed by atoms with Gasteiger partial charge < -0.3 is 15.5 Å². The summed E-state index contributed by atoms with van der Waals surface area (Å²) in [5, 5.41) is 14.1. The summed E-state index contributed by atoms with van der Waals surface area (Å²) in [4.78, 5) is 26.9. The van der Waals surface area contributed by atoms with Gasteiger partial charge in [0.25, 0.3) is 0 Å². The number of H-pyrrole nitrogens is 1. The first-order valence-corrected chi connectivity index (χ1v) is 9.05. The van der Waals surface area contributed by atoms with Crippen molar-refractivity contribution in [2.75, 3.05) is 17.2 Å². The second kappa shape index (κ2) is 7.28. The summed E-state index contributed by atoms with van der Waals surface area (Å²) in [6.07, 6.45) is 3.12. The molecule has 27 heavy (non-hydrogen) atoms. The molecule has 0 radical (unpaired) electrons. The number of benzene rings is 2. The average Bonchev–Trinajstić information content (AvgIpc) is 3.32. The number of aromatic nitrogens is 2. The van der Waals surface area contributed by atoms with Crippen molar-refractivity contribution in [3.63, 3.8) is 0 Å². The highest BCUT2D eigenvalue weighted by molar-refractivity contribution is 6.30. The van der Waals surface area contributed by atoms with Crippen LogP contribution in [0.2, 0.25) is 5.02 Å². The molecule has 1 unspecified atom stereocenters. The number of hydrogen-bond acceptors (Lipinski definition) is 3. The fraction of sp³-hybridized carbons (Fsp3) is 0.211. The summed E-state index contributed by atoms with van der Waals surface area (Å²) in [5.74, 6) is -0.193. The van der Waals surface area contributed by atoms with Gasteiger partial charge in [0, 0.05) is 28.3 Å². The predicted molar refractivity (Wildman–Crippen MR) is 105 cm³/mol. The number of carbonyl (C=O) groups is 2. The van der Waals surface area contributed by atoms with Crippen LogP contribution in [0.25, 0.3) is 10.9 Å². The molecule has 2 aromatic carbocycles. The molecule has 4 rings (SSSR count). The maximum absolute atomic E-state index is 12.7. The highest BCUT2D eigenvalue weighted by Crippen LogP contribution is 2.23. The van der Waals surface area contributed by atoms with Gasteiger partial charge in [-0.1, -0.05) is 11.6 Å². The van der Waals surface area contributed by atoms with E-state index >= 15 is 0 Å². The van der Waals surface area contributed by atoms with E-state index in [1.807, 2.05) is 18.2 Å². The van der Waals surface area contributed by atoms with E-state index in [1.54, 1.807) is 35.4 Å². The molecule has 8 heteroatoms. The summed E-state index contributed by atoms with van der Waals surface area (Å²) in [7, 11) is 0. The third-order valence-corrected chi connectivity index (χ3v) is 4.87. The summed E-state index contributed by atoms with van der Waals surface area (Å²) in [6.45, 7) is 0.540. The average molecular weight is 384 g/mol. The molecule has 3 amide bonds. The van der Waals surface area contributed by atoms with Gasteiger partial charge in [-0.25, -0.2) is 4.79 Å². The first-order chi connectivity index (χ1) is 13.1. The van der Waals surface area contributed by atoms with E-state index in [0.717, 1.165) is 17.3 Å². The minimum absolute atomic E-state index is 0.193. The Labute approximate surface area is 160 Å². The molecular weight excluding hydrogens is 366 g/mol. The minimum atomic E-state index is -0.502. The van der Waals surface area contributed by atoms with Crippen molar-refractivity contribution in [2.45, 2.75) is 18.9 Å². The number of rotatable bonds is 3. The number of carbonyl (C=O) groups excluding carboxylic acids is 2. The van der Waals surface area contributed by atoms with E-state index < -0.39 is 6.04 Å². The third kappa shape index (κ3) is 3.73. The molecule has 0 bridgehead atoms. The molecule has 7 nitrogen and oxygen atoms in total. The van der Waals surface area contributed by atoms with Crippen LogP contribution in [-0.2, 0) is 4.79 Å². The SMILES string of the molecule is O=C(Nc1ccc2[nH]ncc2c1)C1CCCN1C(=O)Nc1ccc(Cl)cc1. The van der Waals surface area contributed by atoms with Crippen molar-refractivity contribution in [1.29, 1.82) is 0 Å². The molecule has 0 saturated carbocycles. The number of urea groups is 1. The molecule has 1 fully saturated rings. The molecule has 0 spiro atoms. The van der Waals surface area contributed by atoms with Crippen LogP contribution in [0, 0.1) is 0 Å². The van der Waals surface area contributed by atoms with Crippen molar-refractivity contribution < 1.29 is 9.59 Å². The Kier molecular flexibility index (Phi) is 4.68. The summed E-state index contributed by atoms with van der Waals surface area (Å²) in [6, 6.07) is 11.6. The number of fused-ring (bicyclic) bond motifs is 1. The number of nitrogens with zero attached hydrogens (tertiary/aromatic N) is 2. The summed E-state index contributed by atoms with van der Waals surface area (Å²) < 4.78 is 0. The van der Waals surface area contributed by atoms with Crippen LogP contribution >= 0.6 is 11.6 Å². The quantitative estimate of drug-likeness (QED) is 0.641. The number of halogens is 1. The lowest BCUT2D eigenvalue weighted by Crippen LogP contribution is -2.45. The van der Waals surface area contributed by atoms with Gasteiger partial charge in [-0.3, -0.25) is 9.89 Å². The molecule has 1 aliphatic rings. The van der Waals surface area contributed by atoms with E-state index in [0.29, 0.717) is 29.4 Å². The Morgan fingerprint density at radius 2 is 1.89 bits per heavy atom. The molecule has 1 atom stereocenters. The van der Waals surface area contributed by atoms with Crippen molar-refractivity contribution in [2.24, 2.45) is 0 Å². The highest BCUT2D eigenvalue weighted by Gasteiger charge is 2.34. The molecule has 1 aliphatic heterocycles. The van der Waals surface area contributed by atoms with Crippen LogP contribution in [0.3, 0.4) is 0 Å². The standard InChI is InChI=1S/C19H18ClN5O2/c20-13-3-5-14(6-4-13)23-19(27)25-9-1-2-17(25)18(26)22-15-7-8-16-12(10-15)11-21-24-16/h3-8,10-11,17H,1-2,9H2,(H,21,24)(H,22,26)(H,23,27). The van der Waals surface area contributed by atoms with E-state index in [9.17, 15) is 9.59 Å². The summed E-state index contributed by atoms with van der Waals surface area (Å²) in [5.41, 5.74) is 2.22. The lowest BCUT2D eigenvalue weighted by atomic mass is 10.2. The molecule has 138 valence electrons. The zero-order valence-corrected chi connectivity index (χ0v) is 15.2. The Bertz CT molecular complexity index is 985. The number of likely N-dealkylation sites (tertiary alicyclic amines) is 1. The Balaban J connectivity index is 1.44. The molecule has 3 aromatic rings. The normalized spacial score (nSPS) is 16.5. The lowest BCUT2D eigenvalue weighted by Gasteiger charge is -2.24. The minimum Gasteiger partial charge on any atom is -0.324 e. The topological polar surface area (TPSA) is 90.1 Å². The maximum Gasteiger partial charge on any atom is 0.322 e. The van der Waals surface area contributed by atoms with Crippen molar-refractivity contribution in [3.8, 4) is 0 Å². The first kappa shape index (κ1) is 17.4. The van der Waals surface area contributed by atoms with Gasteiger partial charge in [0.05, 0.1) is 11.7 Å². The number of aromatic amines is 1. The zero-order valence-electron chi connectivity index (χ0n) is 14.4. The van der Waals surface area contributed by atoms with Crippen molar-refractivity contribution in [3.05, 3.63) is 53.7 Å². The second-order valence-electron chi connectivity index (χ2n) is 6.45. The van der Waals surface area contributed by atoms with Gasteiger partial charge >= 0.3 is 6.03 Å². The van der Waals surface area contributed by atoms with E-state index in [4.69, 9.17) is 11.6 Å². The Morgan fingerprint density at radius 3 is 2.70 bits per heavy atom. The van der Waals surface area contributed by atoms with Crippen LogP contribution < -0.4 is 10.6 Å². The Hall–Kier alpha value is -3.06. The highest BCUT2D eigenvalue weighted by atomic mass is 35.5. The van der Waals surface area contributed by atoms with E-state index in [-0.39, 0.29) is 11.9 Å². The van der Waals surface area contributed by atoms with E-state index in [1.165, 1.54) is 0 Å². The lowest BCUT2D eigenvalue weighted by molar-refractivity contribution is -0.119. The van der Waals surface area contributed by atoms with Gasteiger partial charge in [0.2, 0.25) is 5.91 Å². The van der Waals surface area contributed by atoms with Gasteiger partial charge in [0.15, 0.2) is 0 Å². The Morgan fingerprint density at radius 1 is 1.11 bits per heavy atom. The van der Waals surface area contributed by atoms with Gasteiger partial charge in [0.1, 0.15) is 6.04 Å². The van der Waals surface area contributed by atoms with Gasteiger partial charge in [-0.15, -0.1) is 0 Å². The molecular formula is C19H18ClN5O2. The van der Waals surface area contributed by atoms with Crippen molar-refractivity contribution >= 4 is 45.8 Å². The fourth-order valence-electron chi connectivity index (χ4n) is 3.26. The maximum atomic E-state index is 12.7. The number of hydrogen-bond donors (Lipinski definition) is 3. The molecule has 2 heterocycles. The van der Waals surface area contributed by atoms with Gasteiger partial charge in [-0.2, -0.15) is 5.10 Å². The number of amides is 3. The first-order valence-electron chi connectivity index (χ1n) is 8.67. The van der Waals surface area contributed by atoms with Crippen LogP contribution in [0.1, 0.15) is 12.8 Å². The van der Waals surface area contributed by atoms with Crippen molar-refractivity contribution in [1.82, 2.24) is 15.1 Å². The second-order valence-corrected chi connectivity index (χ2v) is 6.89. The van der Waals surface area contributed by atoms with Crippen LogP contribution in [0.15, 0.2) is 48.7 Å². The summed E-state index contributed by atoms with van der Waals surface area (Å²) >= 11 is 5.86. The van der Waals surface area contributed by atoms with Crippen LogP contribution in [0.4, 0.5) is 16.2 Å². The predicted octanol–water partition coefficient (Wildman–Crippen LogP) is 3.85. The largest absolute Gasteiger partial charge is 0.324 e. The molecule has 1 saturated heterocycles. The fourth-order valence-corrected chi connectivity index (χ4v) is 3.38. The number of anilines is 2. The van der Waals surface area contributed by atoms with Crippen LogP contribution in [0.5, 0.6) is 0 Å².